The van der Waals surface area contributed by atoms with Gasteiger partial charge in [0.1, 0.15) is 0 Å². The highest BCUT2D eigenvalue weighted by Gasteiger charge is 2.34. The predicted octanol–water partition coefficient (Wildman–Crippen LogP) is 2.16. The molecule has 1 unspecified atom stereocenters. The second-order valence-electron chi connectivity index (χ2n) is 6.52. The van der Waals surface area contributed by atoms with Crippen LogP contribution >= 0.6 is 11.3 Å². The largest absolute Gasteiger partial charge is 0.480 e. The normalized spacial score (nSPS) is 21.1. The van der Waals surface area contributed by atoms with E-state index in [1.54, 1.807) is 11.3 Å². The van der Waals surface area contributed by atoms with Crippen molar-refractivity contribution in [3.8, 4) is 0 Å². The molecule has 0 aliphatic heterocycles. The Morgan fingerprint density at radius 1 is 1.46 bits per heavy atom. The Bertz CT molecular complexity index is 529. The quantitative estimate of drug-likeness (QED) is 0.635. The Kier molecular flexibility index (Phi) is 7.05. The van der Waals surface area contributed by atoms with Crippen LogP contribution < -0.4 is 10.6 Å². The molecule has 1 aromatic rings. The summed E-state index contributed by atoms with van der Waals surface area (Å²) >= 11 is 1.74. The number of hydrogen-bond donors (Lipinski definition) is 3. The van der Waals surface area contributed by atoms with Gasteiger partial charge in [0.05, 0.1) is 6.54 Å². The third-order valence-corrected chi connectivity index (χ3v) is 5.35. The highest BCUT2D eigenvalue weighted by atomic mass is 32.1. The van der Waals surface area contributed by atoms with Crippen LogP contribution in [0.2, 0.25) is 0 Å². The van der Waals surface area contributed by atoms with Crippen molar-refractivity contribution in [2.24, 2.45) is 5.92 Å². The molecule has 24 heavy (non-hydrogen) atoms. The lowest BCUT2D eigenvalue weighted by Crippen LogP contribution is -2.56. The maximum Gasteiger partial charge on any atom is 0.317 e. The zero-order valence-electron chi connectivity index (χ0n) is 14.3. The number of thiophene rings is 1. The van der Waals surface area contributed by atoms with E-state index in [2.05, 4.69) is 29.0 Å². The van der Waals surface area contributed by atoms with Crippen molar-refractivity contribution in [3.63, 3.8) is 0 Å². The molecule has 6 nitrogen and oxygen atoms in total. The SMILES string of the molecule is CCN(CC(=O)O)C1CC(NC(=O)NCC(C)Cc2cccs2)C1. The Morgan fingerprint density at radius 3 is 2.79 bits per heavy atom. The number of carboxylic acid groups (broad SMARTS) is 1. The molecule has 0 aromatic carbocycles. The van der Waals surface area contributed by atoms with Crippen molar-refractivity contribution in [1.82, 2.24) is 15.5 Å². The topological polar surface area (TPSA) is 81.7 Å². The molecule has 0 bridgehead atoms. The van der Waals surface area contributed by atoms with E-state index in [-0.39, 0.29) is 24.7 Å². The number of hydrogen-bond acceptors (Lipinski definition) is 4. The molecular formula is C17H27N3O3S. The third-order valence-electron chi connectivity index (χ3n) is 4.45. The first-order valence-corrected chi connectivity index (χ1v) is 9.38. The lowest BCUT2D eigenvalue weighted by molar-refractivity contribution is -0.139. The van der Waals surface area contributed by atoms with Gasteiger partial charge in [-0.3, -0.25) is 9.69 Å². The van der Waals surface area contributed by atoms with Crippen molar-refractivity contribution >= 4 is 23.3 Å². The number of urea groups is 1. The van der Waals surface area contributed by atoms with E-state index in [4.69, 9.17) is 5.11 Å². The molecule has 1 aliphatic rings. The smallest absolute Gasteiger partial charge is 0.317 e. The van der Waals surface area contributed by atoms with Crippen LogP contribution in [0.1, 0.15) is 31.6 Å². The number of aliphatic carboxylic acids is 1. The van der Waals surface area contributed by atoms with Gasteiger partial charge in [-0.15, -0.1) is 11.3 Å². The maximum absolute atomic E-state index is 11.9. The molecule has 2 amide bonds. The predicted molar refractivity (Wildman–Crippen MR) is 95.4 cm³/mol. The fourth-order valence-corrected chi connectivity index (χ4v) is 3.89. The highest BCUT2D eigenvalue weighted by Crippen LogP contribution is 2.25. The average molecular weight is 353 g/mol. The summed E-state index contributed by atoms with van der Waals surface area (Å²) in [5.74, 6) is -0.402. The molecule has 0 spiro atoms. The van der Waals surface area contributed by atoms with Crippen LogP contribution in [0, 0.1) is 5.92 Å². The van der Waals surface area contributed by atoms with Gasteiger partial charge in [0, 0.05) is 23.5 Å². The summed E-state index contributed by atoms with van der Waals surface area (Å²) in [7, 11) is 0. The molecule has 7 heteroatoms. The second-order valence-corrected chi connectivity index (χ2v) is 7.55. The van der Waals surface area contributed by atoms with Crippen LogP contribution in [0.5, 0.6) is 0 Å². The van der Waals surface area contributed by atoms with Crippen LogP contribution in [-0.2, 0) is 11.2 Å². The molecule has 134 valence electrons. The molecule has 1 atom stereocenters. The zero-order chi connectivity index (χ0) is 17.5. The Hall–Kier alpha value is -1.60. The number of carboxylic acids is 1. The lowest BCUT2D eigenvalue weighted by atomic mass is 9.85. The minimum atomic E-state index is -0.800. The summed E-state index contributed by atoms with van der Waals surface area (Å²) < 4.78 is 0. The highest BCUT2D eigenvalue weighted by molar-refractivity contribution is 7.09. The van der Waals surface area contributed by atoms with Gasteiger partial charge in [0.15, 0.2) is 0 Å². The number of nitrogens with zero attached hydrogens (tertiary/aromatic N) is 1. The van der Waals surface area contributed by atoms with Crippen LogP contribution in [-0.4, -0.2) is 53.7 Å². The van der Waals surface area contributed by atoms with Crippen LogP contribution in [0.3, 0.4) is 0 Å². The van der Waals surface area contributed by atoms with Gasteiger partial charge < -0.3 is 15.7 Å². The molecular weight excluding hydrogens is 326 g/mol. The number of carbonyl (C=O) groups is 2. The molecule has 0 radical (unpaired) electrons. The monoisotopic (exact) mass is 353 g/mol. The summed E-state index contributed by atoms with van der Waals surface area (Å²) in [6, 6.07) is 4.44. The standard InChI is InChI=1S/C17H27N3O3S/c1-3-20(11-16(21)22)14-8-13(9-14)19-17(23)18-10-12(2)7-15-5-4-6-24-15/h4-6,12-14H,3,7-11H2,1-2H3,(H,21,22)(H2,18,19,23). The fraction of sp³-hybridized carbons (Fsp3) is 0.647. The van der Waals surface area contributed by atoms with E-state index in [1.165, 1.54) is 4.88 Å². The van der Waals surface area contributed by atoms with Gasteiger partial charge >= 0.3 is 12.0 Å². The minimum Gasteiger partial charge on any atom is -0.480 e. The van der Waals surface area contributed by atoms with Crippen LogP contribution in [0.15, 0.2) is 17.5 Å². The summed E-state index contributed by atoms with van der Waals surface area (Å²) in [5.41, 5.74) is 0. The van der Waals surface area contributed by atoms with Crippen molar-refractivity contribution in [3.05, 3.63) is 22.4 Å². The minimum absolute atomic E-state index is 0.0698. The van der Waals surface area contributed by atoms with Crippen molar-refractivity contribution in [1.29, 1.82) is 0 Å². The summed E-state index contributed by atoms with van der Waals surface area (Å²) in [6.45, 7) is 5.53. The van der Waals surface area contributed by atoms with Crippen molar-refractivity contribution in [2.45, 2.75) is 45.2 Å². The van der Waals surface area contributed by atoms with E-state index < -0.39 is 5.97 Å². The number of likely N-dealkylation sites (N-methyl/N-ethyl adjacent to an activating group) is 1. The second kappa shape index (κ2) is 9.03. The van der Waals surface area contributed by atoms with E-state index in [0.717, 1.165) is 25.8 Å². The van der Waals surface area contributed by atoms with Crippen LogP contribution in [0.25, 0.3) is 0 Å². The molecule has 1 saturated carbocycles. The molecule has 1 aliphatic carbocycles. The summed E-state index contributed by atoms with van der Waals surface area (Å²) in [4.78, 5) is 26.0. The Labute approximate surface area is 147 Å². The average Bonchev–Trinajstić information content (AvgIpc) is 2.99. The van der Waals surface area contributed by atoms with E-state index >= 15 is 0 Å². The molecule has 3 N–H and O–H groups in total. The van der Waals surface area contributed by atoms with E-state index in [9.17, 15) is 9.59 Å². The van der Waals surface area contributed by atoms with Crippen molar-refractivity contribution in [2.75, 3.05) is 19.6 Å². The first-order chi connectivity index (χ1) is 11.5. The fourth-order valence-electron chi connectivity index (χ4n) is 3.02. The van der Waals surface area contributed by atoms with E-state index in [1.807, 2.05) is 17.9 Å². The maximum atomic E-state index is 11.9. The summed E-state index contributed by atoms with van der Waals surface area (Å²) in [5, 5.41) is 16.9. The number of rotatable bonds is 9. The van der Waals surface area contributed by atoms with E-state index in [0.29, 0.717) is 12.5 Å². The molecule has 2 rings (SSSR count). The first-order valence-electron chi connectivity index (χ1n) is 8.50. The van der Waals surface area contributed by atoms with Gasteiger partial charge in [-0.25, -0.2) is 4.79 Å². The van der Waals surface area contributed by atoms with Gasteiger partial charge in [0.25, 0.3) is 0 Å². The van der Waals surface area contributed by atoms with Gasteiger partial charge in [-0.1, -0.05) is 19.9 Å². The molecule has 1 fully saturated rings. The summed E-state index contributed by atoms with van der Waals surface area (Å²) in [6.07, 6.45) is 2.61. The molecule has 0 saturated heterocycles. The van der Waals surface area contributed by atoms with Crippen LogP contribution in [0.4, 0.5) is 4.79 Å². The number of nitrogens with one attached hydrogen (secondary N) is 2. The van der Waals surface area contributed by atoms with Gasteiger partial charge in [0.2, 0.25) is 0 Å². The third kappa shape index (κ3) is 5.79. The molecule has 1 heterocycles. The Morgan fingerprint density at radius 2 is 2.21 bits per heavy atom. The Balaban J connectivity index is 1.61. The first kappa shape index (κ1) is 18.7. The molecule has 1 aromatic heterocycles. The lowest BCUT2D eigenvalue weighted by Gasteiger charge is -2.42. The zero-order valence-corrected chi connectivity index (χ0v) is 15.1. The number of carbonyl (C=O) groups excluding carboxylic acids is 1. The number of amides is 2. The van der Waals surface area contributed by atoms with Gasteiger partial charge in [-0.2, -0.15) is 0 Å². The van der Waals surface area contributed by atoms with Crippen molar-refractivity contribution < 1.29 is 14.7 Å². The van der Waals surface area contributed by atoms with Gasteiger partial charge in [-0.05, 0) is 43.2 Å².